The standard InChI is InChI=1S/C30H27N3O7S/c1-6-40-30(34)26-25(16-11-12-21(36-2)22(13-16)37-3)17-14-23(38-4)24(39-5)15-20(17)31-27(26)28(41-35)29-32-18-9-7-8-10-19(18)33-29/h7-15H,6H2,1-5H3,(H,32,33). The van der Waals surface area contributed by atoms with Crippen molar-refractivity contribution in [3.8, 4) is 34.1 Å². The minimum atomic E-state index is -0.654. The molecule has 5 rings (SSSR count). The Bertz CT molecular complexity index is 1810. The molecule has 0 aliphatic heterocycles. The molecule has 41 heavy (non-hydrogen) atoms. The summed E-state index contributed by atoms with van der Waals surface area (Å²) >= 11 is 0.187. The van der Waals surface area contributed by atoms with E-state index in [0.717, 1.165) is 5.52 Å². The number of rotatable bonds is 9. The highest BCUT2D eigenvalue weighted by Gasteiger charge is 2.29. The summed E-state index contributed by atoms with van der Waals surface area (Å²) in [6.07, 6.45) is 0. The minimum Gasteiger partial charge on any atom is -0.493 e. The Morgan fingerprint density at radius 2 is 1.51 bits per heavy atom. The van der Waals surface area contributed by atoms with Crippen molar-refractivity contribution in [2.24, 2.45) is 0 Å². The van der Waals surface area contributed by atoms with Crippen LogP contribution in [0.5, 0.6) is 23.0 Å². The first-order valence-corrected chi connectivity index (χ1v) is 13.3. The number of methoxy groups -OCH3 is 4. The van der Waals surface area contributed by atoms with Gasteiger partial charge in [-0.2, -0.15) is 0 Å². The number of carbonyl (C=O) groups is 1. The van der Waals surface area contributed by atoms with Crippen LogP contribution in [0, 0.1) is 0 Å². The van der Waals surface area contributed by atoms with Crippen LogP contribution in [-0.2, 0) is 16.0 Å². The van der Waals surface area contributed by atoms with Gasteiger partial charge in [-0.3, -0.25) is 0 Å². The second-order valence-electron chi connectivity index (χ2n) is 8.74. The lowest BCUT2D eigenvalue weighted by molar-refractivity contribution is 0.0527. The molecule has 0 amide bonds. The molecule has 2 aromatic heterocycles. The van der Waals surface area contributed by atoms with Crippen molar-refractivity contribution in [2.45, 2.75) is 6.92 Å². The van der Waals surface area contributed by atoms with Gasteiger partial charge in [0.2, 0.25) is 0 Å². The van der Waals surface area contributed by atoms with Gasteiger partial charge >= 0.3 is 5.97 Å². The molecule has 0 aliphatic carbocycles. The van der Waals surface area contributed by atoms with Crippen molar-refractivity contribution in [2.75, 3.05) is 35.0 Å². The van der Waals surface area contributed by atoms with Crippen LogP contribution in [0.25, 0.3) is 33.1 Å². The maximum atomic E-state index is 13.8. The average Bonchev–Trinajstić information content (AvgIpc) is 3.43. The molecule has 5 aromatic rings. The Labute approximate surface area is 239 Å². The number of carbonyl (C=O) groups excluding carboxylic acids is 1. The molecule has 0 saturated carbocycles. The summed E-state index contributed by atoms with van der Waals surface area (Å²) in [6, 6.07) is 16.1. The Kier molecular flexibility index (Phi) is 7.88. The van der Waals surface area contributed by atoms with E-state index in [1.54, 1.807) is 44.4 Å². The van der Waals surface area contributed by atoms with E-state index in [0.29, 0.717) is 50.5 Å². The van der Waals surface area contributed by atoms with E-state index < -0.39 is 5.97 Å². The Morgan fingerprint density at radius 1 is 0.829 bits per heavy atom. The largest absolute Gasteiger partial charge is 0.493 e. The number of imidazole rings is 1. The maximum absolute atomic E-state index is 13.8. The Balaban J connectivity index is 1.93. The third kappa shape index (κ3) is 4.95. The molecule has 3 aromatic carbocycles. The van der Waals surface area contributed by atoms with E-state index >= 15 is 0 Å². The number of aromatic nitrogens is 3. The van der Waals surface area contributed by atoms with Gasteiger partial charge < -0.3 is 28.7 Å². The Morgan fingerprint density at radius 3 is 2.17 bits per heavy atom. The second kappa shape index (κ2) is 11.7. The monoisotopic (exact) mass is 573 g/mol. The van der Waals surface area contributed by atoms with Gasteiger partial charge in [0.05, 0.1) is 57.2 Å². The summed E-state index contributed by atoms with van der Waals surface area (Å²) in [5, 5.41) is 0.571. The van der Waals surface area contributed by atoms with E-state index in [4.69, 9.17) is 28.7 Å². The number of esters is 1. The van der Waals surface area contributed by atoms with Gasteiger partial charge in [-0.15, -0.1) is 0 Å². The van der Waals surface area contributed by atoms with Crippen LogP contribution in [0.1, 0.15) is 28.8 Å². The van der Waals surface area contributed by atoms with Gasteiger partial charge in [0.15, 0.2) is 28.8 Å². The number of benzene rings is 3. The molecule has 0 bridgehead atoms. The average molecular weight is 574 g/mol. The van der Waals surface area contributed by atoms with Gasteiger partial charge in [0.25, 0.3) is 0 Å². The molecule has 0 fully saturated rings. The van der Waals surface area contributed by atoms with Crippen LogP contribution in [0.3, 0.4) is 0 Å². The van der Waals surface area contributed by atoms with E-state index in [1.165, 1.54) is 21.3 Å². The van der Waals surface area contributed by atoms with Crippen LogP contribution in [0.15, 0.2) is 54.6 Å². The highest BCUT2D eigenvalue weighted by molar-refractivity contribution is 7.67. The number of H-pyrrole nitrogens is 1. The van der Waals surface area contributed by atoms with Gasteiger partial charge in [0, 0.05) is 17.0 Å². The summed E-state index contributed by atoms with van der Waals surface area (Å²) in [7, 11) is 6.11. The van der Waals surface area contributed by atoms with Crippen molar-refractivity contribution in [1.82, 2.24) is 15.0 Å². The van der Waals surface area contributed by atoms with Crippen molar-refractivity contribution in [3.63, 3.8) is 0 Å². The number of aromatic amines is 1. The van der Waals surface area contributed by atoms with Crippen LogP contribution < -0.4 is 18.9 Å². The predicted molar refractivity (Wildman–Crippen MR) is 157 cm³/mol. The first-order chi connectivity index (χ1) is 20.0. The third-order valence-electron chi connectivity index (χ3n) is 6.54. The number of nitrogens with one attached hydrogen (secondary N) is 1. The zero-order valence-electron chi connectivity index (χ0n) is 23.1. The number of pyridine rings is 1. The van der Waals surface area contributed by atoms with E-state index in [9.17, 15) is 9.00 Å². The van der Waals surface area contributed by atoms with Crippen molar-refractivity contribution in [3.05, 3.63) is 71.7 Å². The first kappa shape index (κ1) is 27.7. The summed E-state index contributed by atoms with van der Waals surface area (Å²) in [4.78, 5) is 26.5. The molecule has 0 spiro atoms. The fourth-order valence-corrected chi connectivity index (χ4v) is 5.10. The van der Waals surface area contributed by atoms with Crippen LogP contribution in [-0.4, -0.2) is 65.0 Å². The number of hydrogen-bond donors (Lipinski definition) is 1. The van der Waals surface area contributed by atoms with E-state index in [1.807, 2.05) is 24.3 Å². The summed E-state index contributed by atoms with van der Waals surface area (Å²) < 4.78 is 40.4. The fraction of sp³-hybridized carbons (Fsp3) is 0.200. The summed E-state index contributed by atoms with van der Waals surface area (Å²) in [6.45, 7) is 1.82. The normalized spacial score (nSPS) is 10.9. The third-order valence-corrected chi connectivity index (χ3v) is 7.10. The fourth-order valence-electron chi connectivity index (χ4n) is 4.70. The van der Waals surface area contributed by atoms with Gasteiger partial charge in [0.1, 0.15) is 21.8 Å². The highest BCUT2D eigenvalue weighted by Crippen LogP contribution is 2.42. The van der Waals surface area contributed by atoms with E-state index in [-0.39, 0.29) is 39.8 Å². The van der Waals surface area contributed by atoms with Gasteiger partial charge in [-0.1, -0.05) is 18.2 Å². The number of para-hydroxylation sites is 2. The van der Waals surface area contributed by atoms with Crippen molar-refractivity contribution >= 4 is 44.0 Å². The smallest absolute Gasteiger partial charge is 0.341 e. The molecule has 0 aliphatic rings. The number of nitrogens with zero attached hydrogens (tertiary/aromatic N) is 2. The van der Waals surface area contributed by atoms with E-state index in [2.05, 4.69) is 9.97 Å². The molecule has 0 unspecified atom stereocenters. The quantitative estimate of drug-likeness (QED) is 0.151. The SMILES string of the molecule is CCOC(=O)c1c(C(=S=O)c2nc3ccccc3[nH]2)nc2cc(OC)c(OC)cc2c1-c1ccc(OC)c(OC)c1. The number of hydrogen-bond acceptors (Lipinski definition) is 9. The lowest BCUT2D eigenvalue weighted by Gasteiger charge is -2.19. The van der Waals surface area contributed by atoms with Gasteiger partial charge in [-0.25, -0.2) is 19.0 Å². The lowest BCUT2D eigenvalue weighted by Crippen LogP contribution is -2.18. The number of fused-ring (bicyclic) bond motifs is 2. The molecule has 210 valence electrons. The highest BCUT2D eigenvalue weighted by atomic mass is 32.1. The second-order valence-corrected chi connectivity index (χ2v) is 9.31. The van der Waals surface area contributed by atoms with Crippen molar-refractivity contribution in [1.29, 1.82) is 0 Å². The minimum absolute atomic E-state index is 0.0950. The zero-order chi connectivity index (χ0) is 29.1. The molecule has 0 atom stereocenters. The molecule has 2 heterocycles. The molecular formula is C30H27N3O7S. The lowest BCUT2D eigenvalue weighted by atomic mass is 9.92. The predicted octanol–water partition coefficient (Wildman–Crippen LogP) is 4.77. The van der Waals surface area contributed by atoms with Crippen molar-refractivity contribution < 1.29 is 32.7 Å². The number of ether oxygens (including phenoxy) is 5. The molecule has 10 nitrogen and oxygen atoms in total. The molecule has 11 heteroatoms. The molecule has 1 N–H and O–H groups in total. The Hall–Kier alpha value is -4.90. The molecular weight excluding hydrogens is 546 g/mol. The molecule has 0 saturated heterocycles. The summed E-state index contributed by atoms with van der Waals surface area (Å²) in [5.74, 6) is 1.45. The summed E-state index contributed by atoms with van der Waals surface area (Å²) in [5.41, 5.74) is 3.14. The van der Waals surface area contributed by atoms with Crippen LogP contribution >= 0.6 is 0 Å². The van der Waals surface area contributed by atoms with Crippen LogP contribution in [0.2, 0.25) is 0 Å². The molecule has 0 radical (unpaired) electrons. The topological polar surface area (TPSA) is 122 Å². The van der Waals surface area contributed by atoms with Gasteiger partial charge in [-0.05, 0) is 42.8 Å². The first-order valence-electron chi connectivity index (χ1n) is 12.6. The zero-order valence-corrected chi connectivity index (χ0v) is 23.9. The van der Waals surface area contributed by atoms with Crippen LogP contribution in [0.4, 0.5) is 0 Å². The maximum Gasteiger partial charge on any atom is 0.341 e.